The smallest absolute Gasteiger partial charge is 0.281 e. The first-order valence-corrected chi connectivity index (χ1v) is 9.69. The van der Waals surface area contributed by atoms with Crippen molar-refractivity contribution in [2.75, 3.05) is 18.6 Å². The molecule has 3 aromatic carbocycles. The van der Waals surface area contributed by atoms with Crippen molar-refractivity contribution in [1.82, 2.24) is 5.32 Å². The van der Waals surface area contributed by atoms with Gasteiger partial charge in [0.25, 0.3) is 5.91 Å². The molecule has 1 N–H and O–H groups in total. The minimum absolute atomic E-state index is 0.212. The average molecular weight is 404 g/mol. The number of carbonyl (C=O) groups excluding carboxylic acids is 1. The number of carbonyl (C=O) groups is 1. The number of hydrogen-bond donors (Lipinski definition) is 1. The van der Waals surface area contributed by atoms with Crippen LogP contribution in [0.2, 0.25) is 0 Å². The topological polar surface area (TPSA) is 50.8 Å². The maximum atomic E-state index is 13.1. The van der Waals surface area contributed by atoms with E-state index in [0.29, 0.717) is 28.9 Å². The van der Waals surface area contributed by atoms with Crippen LogP contribution < -0.4 is 19.7 Å². The molecule has 1 aliphatic heterocycles. The van der Waals surface area contributed by atoms with E-state index < -0.39 is 0 Å². The quantitative estimate of drug-likeness (QED) is 0.501. The van der Waals surface area contributed by atoms with Crippen LogP contribution in [-0.2, 0) is 4.79 Å². The van der Waals surface area contributed by atoms with Crippen molar-refractivity contribution >= 4 is 45.8 Å². The molecule has 5 nitrogen and oxygen atoms in total. The summed E-state index contributed by atoms with van der Waals surface area (Å²) in [6.45, 7) is 2.47. The largest absolute Gasteiger partial charge is 0.497 e. The number of anilines is 1. The van der Waals surface area contributed by atoms with Crippen LogP contribution >= 0.6 is 12.2 Å². The predicted octanol–water partition coefficient (Wildman–Crippen LogP) is 4.51. The zero-order chi connectivity index (χ0) is 20.4. The van der Waals surface area contributed by atoms with E-state index in [4.69, 9.17) is 21.7 Å². The van der Waals surface area contributed by atoms with Gasteiger partial charge in [-0.1, -0.05) is 30.3 Å². The summed E-state index contributed by atoms with van der Waals surface area (Å²) in [7, 11) is 1.60. The number of benzene rings is 3. The molecule has 1 aliphatic rings. The lowest BCUT2D eigenvalue weighted by Gasteiger charge is -2.14. The minimum Gasteiger partial charge on any atom is -0.497 e. The lowest BCUT2D eigenvalue weighted by atomic mass is 10.0. The molecule has 146 valence electrons. The number of nitrogens with one attached hydrogen (secondary N) is 1. The molecule has 1 saturated heterocycles. The van der Waals surface area contributed by atoms with Crippen molar-refractivity contribution < 1.29 is 14.3 Å². The fraction of sp³-hybridized carbons (Fsp3) is 0.130. The Hall–Kier alpha value is -3.38. The van der Waals surface area contributed by atoms with E-state index >= 15 is 0 Å². The molecule has 0 aliphatic carbocycles. The van der Waals surface area contributed by atoms with Gasteiger partial charge < -0.3 is 14.8 Å². The maximum Gasteiger partial charge on any atom is 0.281 e. The summed E-state index contributed by atoms with van der Waals surface area (Å²) >= 11 is 5.42. The second-order valence-electron chi connectivity index (χ2n) is 6.46. The number of ether oxygens (including phenoxy) is 2. The van der Waals surface area contributed by atoms with E-state index in [1.54, 1.807) is 31.4 Å². The van der Waals surface area contributed by atoms with Crippen LogP contribution in [0.4, 0.5) is 5.69 Å². The summed E-state index contributed by atoms with van der Waals surface area (Å²) < 4.78 is 11.0. The van der Waals surface area contributed by atoms with E-state index in [0.717, 1.165) is 22.1 Å². The van der Waals surface area contributed by atoms with Gasteiger partial charge in [-0.05, 0) is 66.3 Å². The molecule has 0 saturated carbocycles. The van der Waals surface area contributed by atoms with E-state index in [1.807, 2.05) is 49.4 Å². The molecule has 0 unspecified atom stereocenters. The summed E-state index contributed by atoms with van der Waals surface area (Å²) in [6, 6.07) is 19.1. The monoisotopic (exact) mass is 404 g/mol. The Labute approximate surface area is 174 Å². The Morgan fingerprint density at radius 2 is 1.83 bits per heavy atom. The van der Waals surface area contributed by atoms with Gasteiger partial charge in [0.1, 0.15) is 17.2 Å². The standard InChI is InChI=1S/C23H20N2O3S/c1-3-28-21-13-8-15-6-4-5-7-18(15)19(21)14-20-22(26)25(23(29)24-20)16-9-11-17(27-2)12-10-16/h4-14H,3H2,1-2H3,(H,24,29). The first-order chi connectivity index (χ1) is 14.1. The van der Waals surface area contributed by atoms with Crippen molar-refractivity contribution in [3.8, 4) is 11.5 Å². The van der Waals surface area contributed by atoms with E-state index in [-0.39, 0.29) is 5.91 Å². The normalized spacial score (nSPS) is 15.1. The summed E-state index contributed by atoms with van der Waals surface area (Å²) in [5, 5.41) is 5.46. The number of fused-ring (bicyclic) bond motifs is 1. The number of amides is 1. The molecule has 0 aromatic heterocycles. The van der Waals surface area contributed by atoms with E-state index in [9.17, 15) is 4.79 Å². The zero-order valence-corrected chi connectivity index (χ0v) is 17.0. The van der Waals surface area contributed by atoms with E-state index in [2.05, 4.69) is 5.32 Å². The number of thiocarbonyl (C=S) groups is 1. The third-order valence-corrected chi connectivity index (χ3v) is 5.01. The second-order valence-corrected chi connectivity index (χ2v) is 6.84. The molecule has 1 heterocycles. The van der Waals surface area contributed by atoms with Crippen LogP contribution in [0.25, 0.3) is 16.8 Å². The zero-order valence-electron chi connectivity index (χ0n) is 16.1. The Bertz CT molecular complexity index is 1120. The third-order valence-electron chi connectivity index (χ3n) is 4.73. The van der Waals surface area contributed by atoms with Crippen LogP contribution in [-0.4, -0.2) is 24.7 Å². The highest BCUT2D eigenvalue weighted by Crippen LogP contribution is 2.32. The van der Waals surface area contributed by atoms with Gasteiger partial charge in [0, 0.05) is 5.56 Å². The summed E-state index contributed by atoms with van der Waals surface area (Å²) in [5.41, 5.74) is 1.93. The van der Waals surface area contributed by atoms with Crippen molar-refractivity contribution in [2.24, 2.45) is 0 Å². The van der Waals surface area contributed by atoms with Gasteiger partial charge in [-0.2, -0.15) is 0 Å². The summed E-state index contributed by atoms with van der Waals surface area (Å²) in [6.07, 6.45) is 1.81. The Morgan fingerprint density at radius 1 is 1.07 bits per heavy atom. The van der Waals surface area contributed by atoms with Gasteiger partial charge in [0.2, 0.25) is 0 Å². The number of nitrogens with zero attached hydrogens (tertiary/aromatic N) is 1. The van der Waals surface area contributed by atoms with Crippen molar-refractivity contribution in [3.63, 3.8) is 0 Å². The Kier molecular flexibility index (Phi) is 5.18. The molecule has 0 spiro atoms. The molecule has 29 heavy (non-hydrogen) atoms. The van der Waals surface area contributed by atoms with Gasteiger partial charge in [-0.15, -0.1) is 0 Å². The lowest BCUT2D eigenvalue weighted by Crippen LogP contribution is -2.30. The molecule has 3 aromatic rings. The number of hydrogen-bond acceptors (Lipinski definition) is 4. The van der Waals surface area contributed by atoms with Crippen LogP contribution in [0.15, 0.2) is 66.4 Å². The van der Waals surface area contributed by atoms with Gasteiger partial charge >= 0.3 is 0 Å². The maximum absolute atomic E-state index is 13.1. The SMILES string of the molecule is CCOc1ccc2ccccc2c1C=C1NC(=S)N(c2ccc(OC)cc2)C1=O. The molecular formula is C23H20N2O3S. The van der Waals surface area contributed by atoms with Crippen molar-refractivity contribution in [2.45, 2.75) is 6.92 Å². The van der Waals surface area contributed by atoms with Gasteiger partial charge in [0.05, 0.1) is 19.4 Å². The molecule has 0 atom stereocenters. The molecule has 0 radical (unpaired) electrons. The fourth-order valence-electron chi connectivity index (χ4n) is 3.35. The number of rotatable bonds is 5. The molecule has 4 rings (SSSR count). The van der Waals surface area contributed by atoms with Crippen LogP contribution in [0.3, 0.4) is 0 Å². The first-order valence-electron chi connectivity index (χ1n) is 9.28. The van der Waals surface area contributed by atoms with Crippen LogP contribution in [0, 0.1) is 0 Å². The van der Waals surface area contributed by atoms with Gasteiger partial charge in [-0.25, -0.2) is 0 Å². The third kappa shape index (κ3) is 3.54. The molecular weight excluding hydrogens is 384 g/mol. The molecule has 1 amide bonds. The summed E-state index contributed by atoms with van der Waals surface area (Å²) in [5.74, 6) is 1.23. The molecule has 0 bridgehead atoms. The van der Waals surface area contributed by atoms with Crippen molar-refractivity contribution in [1.29, 1.82) is 0 Å². The Balaban J connectivity index is 1.76. The predicted molar refractivity (Wildman–Crippen MR) is 119 cm³/mol. The molecule has 1 fully saturated rings. The van der Waals surface area contributed by atoms with Crippen molar-refractivity contribution in [3.05, 3.63) is 71.9 Å². The average Bonchev–Trinajstić information content (AvgIpc) is 3.03. The first kappa shape index (κ1) is 19.0. The highest BCUT2D eigenvalue weighted by Gasteiger charge is 2.32. The highest BCUT2D eigenvalue weighted by atomic mass is 32.1. The second kappa shape index (κ2) is 7.93. The highest BCUT2D eigenvalue weighted by molar-refractivity contribution is 7.80. The van der Waals surface area contributed by atoms with Crippen LogP contribution in [0.5, 0.6) is 11.5 Å². The lowest BCUT2D eigenvalue weighted by molar-refractivity contribution is -0.113. The number of methoxy groups -OCH3 is 1. The fourth-order valence-corrected chi connectivity index (χ4v) is 3.65. The van der Waals surface area contributed by atoms with E-state index in [1.165, 1.54) is 4.90 Å². The van der Waals surface area contributed by atoms with Gasteiger partial charge in [0.15, 0.2) is 5.11 Å². The Morgan fingerprint density at radius 3 is 2.55 bits per heavy atom. The molecule has 6 heteroatoms. The van der Waals surface area contributed by atoms with Crippen LogP contribution in [0.1, 0.15) is 12.5 Å². The van der Waals surface area contributed by atoms with Gasteiger partial charge in [-0.3, -0.25) is 9.69 Å². The summed E-state index contributed by atoms with van der Waals surface area (Å²) in [4.78, 5) is 14.6. The minimum atomic E-state index is -0.212.